The molecule has 0 saturated carbocycles. The maximum Gasteiger partial charge on any atom is 0.407 e. The van der Waals surface area contributed by atoms with E-state index in [1.54, 1.807) is 0 Å². The van der Waals surface area contributed by atoms with E-state index >= 15 is 0 Å². The first-order chi connectivity index (χ1) is 14.7. The number of rotatable bonds is 18. The van der Waals surface area contributed by atoms with Gasteiger partial charge >= 0.3 is 24.1 Å². The second-order valence-electron chi connectivity index (χ2n) is 7.07. The Morgan fingerprint density at radius 3 is 1.39 bits per heavy atom. The molecule has 0 heterocycles. The summed E-state index contributed by atoms with van der Waals surface area (Å²) in [5, 5.41) is 22.5. The summed E-state index contributed by atoms with van der Waals surface area (Å²) in [4.78, 5) is 44.1. The molecule has 0 rings (SSSR count). The van der Waals surface area contributed by atoms with Gasteiger partial charge in [0, 0.05) is 13.1 Å². The quantitative estimate of drug-likeness (QED) is 0.162. The summed E-state index contributed by atoms with van der Waals surface area (Å²) in [7, 11) is 0. The number of ether oxygens (including phenoxy) is 2. The number of amides is 2. The average Bonchev–Trinajstić information content (AvgIpc) is 2.71. The molecule has 0 radical (unpaired) electrons. The molecule has 12 heteroatoms. The Kier molecular flexibility index (Phi) is 16.7. The second-order valence-corrected chi connectivity index (χ2v) is 7.07. The first-order valence-electron chi connectivity index (χ1n) is 10.5. The molecule has 2 atom stereocenters. The third-order valence-corrected chi connectivity index (χ3v) is 4.31. The molecule has 0 aromatic carbocycles. The number of unbranched alkanes of at least 4 members (excludes halogenated alkanes) is 4. The normalized spacial score (nSPS) is 12.5. The molecular formula is C19H36N4O8. The number of carboxylic acid groups (broad SMARTS) is 2. The number of carbonyl (C=O) groups excluding carboxylic acids is 2. The first-order valence-corrected chi connectivity index (χ1v) is 10.5. The molecule has 0 aliphatic carbocycles. The summed E-state index contributed by atoms with van der Waals surface area (Å²) in [5.74, 6) is -2.07. The van der Waals surface area contributed by atoms with Crippen LogP contribution in [0.2, 0.25) is 0 Å². The average molecular weight is 449 g/mol. The van der Waals surface area contributed by atoms with E-state index < -0.39 is 36.2 Å². The van der Waals surface area contributed by atoms with Gasteiger partial charge in [-0.25, -0.2) is 9.59 Å². The molecule has 0 fully saturated rings. The van der Waals surface area contributed by atoms with Gasteiger partial charge in [-0.1, -0.05) is 0 Å². The molecule has 2 unspecified atom stereocenters. The molecule has 0 saturated heterocycles. The van der Waals surface area contributed by atoms with Crippen molar-refractivity contribution < 1.29 is 38.9 Å². The Morgan fingerprint density at radius 1 is 0.645 bits per heavy atom. The number of carbonyl (C=O) groups is 4. The summed E-state index contributed by atoms with van der Waals surface area (Å²) in [5.41, 5.74) is 10.8. The van der Waals surface area contributed by atoms with Gasteiger partial charge in [0.25, 0.3) is 0 Å². The number of carboxylic acids is 2. The highest BCUT2D eigenvalue weighted by Gasteiger charge is 2.11. The molecule has 180 valence electrons. The van der Waals surface area contributed by atoms with Gasteiger partial charge < -0.3 is 41.8 Å². The number of alkyl carbamates (subject to hydrolysis) is 2. The van der Waals surface area contributed by atoms with Crippen molar-refractivity contribution in [1.29, 1.82) is 0 Å². The summed E-state index contributed by atoms with van der Waals surface area (Å²) in [6.07, 6.45) is 4.08. The predicted molar refractivity (Wildman–Crippen MR) is 111 cm³/mol. The number of nitrogens with two attached hydrogens (primary N) is 2. The highest BCUT2D eigenvalue weighted by atomic mass is 16.6. The zero-order valence-corrected chi connectivity index (χ0v) is 17.8. The van der Waals surface area contributed by atoms with E-state index in [1.807, 2.05) is 0 Å². The molecule has 0 aromatic rings. The fraction of sp³-hybridized carbons (Fsp3) is 0.789. The maximum atomic E-state index is 11.5. The van der Waals surface area contributed by atoms with Crippen LogP contribution in [0.1, 0.15) is 57.8 Å². The summed E-state index contributed by atoms with van der Waals surface area (Å²) in [6, 6.07) is -1.76. The molecule has 0 spiro atoms. The molecule has 2 amide bonds. The minimum absolute atomic E-state index is 0.250. The van der Waals surface area contributed by atoms with Gasteiger partial charge in [-0.3, -0.25) is 9.59 Å². The van der Waals surface area contributed by atoms with Crippen molar-refractivity contribution in [2.45, 2.75) is 69.9 Å². The lowest BCUT2D eigenvalue weighted by Crippen LogP contribution is -2.30. The maximum absolute atomic E-state index is 11.5. The highest BCUT2D eigenvalue weighted by molar-refractivity contribution is 5.73. The van der Waals surface area contributed by atoms with E-state index in [1.165, 1.54) is 0 Å². The largest absolute Gasteiger partial charge is 0.480 e. The van der Waals surface area contributed by atoms with Gasteiger partial charge in [0.2, 0.25) is 0 Å². The summed E-state index contributed by atoms with van der Waals surface area (Å²) < 4.78 is 10.0. The molecule has 0 aliphatic heterocycles. The first kappa shape index (κ1) is 28.4. The van der Waals surface area contributed by atoms with Crippen molar-refractivity contribution in [3.63, 3.8) is 0 Å². The van der Waals surface area contributed by atoms with E-state index in [2.05, 4.69) is 10.6 Å². The molecule has 0 aliphatic rings. The monoisotopic (exact) mass is 448 g/mol. The van der Waals surface area contributed by atoms with Crippen LogP contribution in [0.3, 0.4) is 0 Å². The van der Waals surface area contributed by atoms with Gasteiger partial charge in [-0.2, -0.15) is 0 Å². The third kappa shape index (κ3) is 17.9. The lowest BCUT2D eigenvalue weighted by molar-refractivity contribution is -0.139. The van der Waals surface area contributed by atoms with Crippen molar-refractivity contribution >= 4 is 24.1 Å². The van der Waals surface area contributed by atoms with Gasteiger partial charge in [-0.05, 0) is 57.8 Å². The van der Waals surface area contributed by atoms with Crippen molar-refractivity contribution in [3.05, 3.63) is 0 Å². The summed E-state index contributed by atoms with van der Waals surface area (Å²) in [6.45, 7) is 1.28. The summed E-state index contributed by atoms with van der Waals surface area (Å²) >= 11 is 0. The predicted octanol–water partition coefficient (Wildman–Crippen LogP) is 0.774. The van der Waals surface area contributed by atoms with Crippen LogP contribution in [0, 0.1) is 0 Å². The van der Waals surface area contributed by atoms with Gasteiger partial charge in [0.15, 0.2) is 0 Å². The lowest BCUT2D eigenvalue weighted by Gasteiger charge is -2.09. The van der Waals surface area contributed by atoms with Crippen LogP contribution >= 0.6 is 0 Å². The Balaban J connectivity index is 3.42. The van der Waals surface area contributed by atoms with Crippen molar-refractivity contribution in [2.24, 2.45) is 11.5 Å². The zero-order chi connectivity index (χ0) is 23.5. The molecule has 0 bridgehead atoms. The minimum Gasteiger partial charge on any atom is -0.480 e. The van der Waals surface area contributed by atoms with Crippen molar-refractivity contribution in [2.75, 3.05) is 26.3 Å². The fourth-order valence-corrected chi connectivity index (χ4v) is 2.42. The Labute approximate surface area is 182 Å². The van der Waals surface area contributed by atoms with Crippen molar-refractivity contribution in [1.82, 2.24) is 10.6 Å². The van der Waals surface area contributed by atoms with Crippen LogP contribution in [-0.2, 0) is 19.1 Å². The van der Waals surface area contributed by atoms with Gasteiger partial charge in [0.05, 0.1) is 13.2 Å². The second kappa shape index (κ2) is 18.2. The van der Waals surface area contributed by atoms with E-state index in [9.17, 15) is 19.2 Å². The minimum atomic E-state index is -1.03. The van der Waals surface area contributed by atoms with Crippen LogP contribution in [0.4, 0.5) is 9.59 Å². The highest BCUT2D eigenvalue weighted by Crippen LogP contribution is 2.00. The van der Waals surface area contributed by atoms with Gasteiger partial charge in [0.1, 0.15) is 12.1 Å². The standard InChI is InChI=1S/C19H36N4O8/c20-14(16(24)25)8-2-4-10-22-18(28)30-12-6-1-7-13-31-19(29)23-11-5-3-9-15(21)17(26)27/h14-15H,1-13,20-21H2,(H,22,28)(H,23,29)(H,24,25)(H,26,27). The zero-order valence-electron chi connectivity index (χ0n) is 17.8. The third-order valence-electron chi connectivity index (χ3n) is 4.31. The number of hydrogen-bond donors (Lipinski definition) is 6. The van der Waals surface area contributed by atoms with Crippen LogP contribution in [0.5, 0.6) is 0 Å². The topological polar surface area (TPSA) is 203 Å². The Bertz CT molecular complexity index is 501. The number of aliphatic carboxylic acids is 2. The Morgan fingerprint density at radius 2 is 1.03 bits per heavy atom. The van der Waals surface area contributed by atoms with E-state index in [0.717, 1.165) is 6.42 Å². The number of nitrogens with one attached hydrogen (secondary N) is 2. The van der Waals surface area contributed by atoms with Crippen LogP contribution < -0.4 is 22.1 Å². The SMILES string of the molecule is NC(CCCCNC(=O)OCCCCCOC(=O)NCCCCC(N)C(=O)O)C(=O)O. The Hall–Kier alpha value is -2.60. The van der Waals surface area contributed by atoms with Crippen molar-refractivity contribution in [3.8, 4) is 0 Å². The molecule has 8 N–H and O–H groups in total. The van der Waals surface area contributed by atoms with E-state index in [4.69, 9.17) is 31.2 Å². The molecule has 31 heavy (non-hydrogen) atoms. The lowest BCUT2D eigenvalue weighted by atomic mass is 10.1. The van der Waals surface area contributed by atoms with Crippen LogP contribution in [-0.4, -0.2) is 72.7 Å². The molecular weight excluding hydrogens is 412 g/mol. The molecule has 12 nitrogen and oxygen atoms in total. The van der Waals surface area contributed by atoms with Gasteiger partial charge in [-0.15, -0.1) is 0 Å². The number of hydrogen-bond acceptors (Lipinski definition) is 8. The van der Waals surface area contributed by atoms with E-state index in [-0.39, 0.29) is 13.2 Å². The molecule has 0 aromatic heterocycles. The van der Waals surface area contributed by atoms with E-state index in [0.29, 0.717) is 64.5 Å². The smallest absolute Gasteiger partial charge is 0.407 e. The fourth-order valence-electron chi connectivity index (χ4n) is 2.42. The van der Waals surface area contributed by atoms with Crippen LogP contribution in [0.15, 0.2) is 0 Å². The van der Waals surface area contributed by atoms with Crippen LogP contribution in [0.25, 0.3) is 0 Å².